The molecule has 2 heterocycles. The van der Waals surface area contributed by atoms with Gasteiger partial charge in [-0.3, -0.25) is 0 Å². The van der Waals surface area contributed by atoms with Crippen molar-refractivity contribution >= 4 is 23.4 Å². The van der Waals surface area contributed by atoms with Gasteiger partial charge in [-0.15, -0.1) is 0 Å². The SMILES string of the molecule is Cc1cnc(Cl)cc1Sc1ncc[nH]1. The van der Waals surface area contributed by atoms with Crippen LogP contribution in [0, 0.1) is 6.92 Å². The number of aryl methyl sites for hydroxylation is 1. The molecule has 0 amide bonds. The smallest absolute Gasteiger partial charge is 0.170 e. The van der Waals surface area contributed by atoms with Crippen molar-refractivity contribution in [3.05, 3.63) is 35.4 Å². The maximum Gasteiger partial charge on any atom is 0.170 e. The van der Waals surface area contributed by atoms with E-state index in [1.165, 1.54) is 0 Å². The average Bonchev–Trinajstić information content (AvgIpc) is 2.64. The molecule has 0 aliphatic carbocycles. The molecule has 0 radical (unpaired) electrons. The van der Waals surface area contributed by atoms with Crippen LogP contribution in [0.15, 0.2) is 34.7 Å². The molecule has 0 atom stereocenters. The molecule has 0 fully saturated rings. The molecule has 0 saturated heterocycles. The van der Waals surface area contributed by atoms with Crippen LogP contribution in [0.4, 0.5) is 0 Å². The molecule has 1 N–H and O–H groups in total. The monoisotopic (exact) mass is 225 g/mol. The fourth-order valence-electron chi connectivity index (χ4n) is 1.00. The lowest BCUT2D eigenvalue weighted by Crippen LogP contribution is -1.84. The minimum atomic E-state index is 0.504. The number of rotatable bonds is 2. The van der Waals surface area contributed by atoms with Gasteiger partial charge >= 0.3 is 0 Å². The molecule has 0 unspecified atom stereocenters. The van der Waals surface area contributed by atoms with E-state index in [9.17, 15) is 0 Å². The van der Waals surface area contributed by atoms with Gasteiger partial charge in [0.1, 0.15) is 5.15 Å². The highest BCUT2D eigenvalue weighted by atomic mass is 35.5. The number of pyridine rings is 1. The Bertz CT molecular complexity index is 428. The van der Waals surface area contributed by atoms with E-state index in [4.69, 9.17) is 11.6 Å². The van der Waals surface area contributed by atoms with Crippen LogP contribution < -0.4 is 0 Å². The summed E-state index contributed by atoms with van der Waals surface area (Å²) in [6, 6.07) is 1.84. The van der Waals surface area contributed by atoms with Gasteiger partial charge in [-0.1, -0.05) is 23.4 Å². The molecule has 0 spiro atoms. The maximum atomic E-state index is 5.80. The predicted octanol–water partition coefficient (Wildman–Crippen LogP) is 2.92. The second-order valence-electron chi connectivity index (χ2n) is 2.77. The molecule has 3 nitrogen and oxygen atoms in total. The van der Waals surface area contributed by atoms with Crippen LogP contribution in [0.2, 0.25) is 5.15 Å². The number of nitrogens with one attached hydrogen (secondary N) is 1. The van der Waals surface area contributed by atoms with Crippen LogP contribution in [0.3, 0.4) is 0 Å². The Labute approximate surface area is 90.9 Å². The summed E-state index contributed by atoms with van der Waals surface area (Å²) in [7, 11) is 0. The molecule has 2 aromatic rings. The number of hydrogen-bond acceptors (Lipinski definition) is 3. The van der Waals surface area contributed by atoms with Gasteiger partial charge in [0.15, 0.2) is 5.16 Å². The molecular weight excluding hydrogens is 218 g/mol. The Kier molecular flexibility index (Phi) is 2.74. The topological polar surface area (TPSA) is 41.6 Å². The van der Waals surface area contributed by atoms with E-state index in [1.54, 1.807) is 30.4 Å². The van der Waals surface area contributed by atoms with Gasteiger partial charge < -0.3 is 4.98 Å². The van der Waals surface area contributed by atoms with E-state index in [1.807, 2.05) is 13.0 Å². The van der Waals surface area contributed by atoms with Gasteiger partial charge in [0.25, 0.3) is 0 Å². The maximum absolute atomic E-state index is 5.80. The van der Waals surface area contributed by atoms with E-state index < -0.39 is 0 Å². The average molecular weight is 226 g/mol. The largest absolute Gasteiger partial charge is 0.339 e. The number of H-pyrrole nitrogens is 1. The van der Waals surface area contributed by atoms with Gasteiger partial charge in [-0.05, 0) is 18.6 Å². The lowest BCUT2D eigenvalue weighted by Gasteiger charge is -2.02. The lowest BCUT2D eigenvalue weighted by molar-refractivity contribution is 1.05. The number of aromatic nitrogens is 3. The van der Waals surface area contributed by atoms with Crippen molar-refractivity contribution in [1.82, 2.24) is 15.0 Å². The lowest BCUT2D eigenvalue weighted by atomic mass is 10.3. The summed E-state index contributed by atoms with van der Waals surface area (Å²) in [6.07, 6.45) is 5.27. The fraction of sp³-hybridized carbons (Fsp3) is 0.111. The van der Waals surface area contributed by atoms with E-state index in [-0.39, 0.29) is 0 Å². The Hall–Kier alpha value is -1.00. The van der Waals surface area contributed by atoms with Crippen LogP contribution in [0.5, 0.6) is 0 Å². The molecule has 5 heteroatoms. The first-order chi connectivity index (χ1) is 6.75. The van der Waals surface area contributed by atoms with Crippen molar-refractivity contribution in [2.24, 2.45) is 0 Å². The van der Waals surface area contributed by atoms with Crippen LogP contribution >= 0.6 is 23.4 Å². The zero-order chi connectivity index (χ0) is 9.97. The van der Waals surface area contributed by atoms with E-state index in [0.29, 0.717) is 5.15 Å². The molecule has 0 aliphatic rings. The Morgan fingerprint density at radius 2 is 2.29 bits per heavy atom. The fourth-order valence-corrected chi connectivity index (χ4v) is 2.06. The third-order valence-electron chi connectivity index (χ3n) is 1.70. The number of imidazole rings is 1. The Morgan fingerprint density at radius 3 is 3.00 bits per heavy atom. The first-order valence-corrected chi connectivity index (χ1v) is 5.24. The summed E-state index contributed by atoms with van der Waals surface area (Å²) in [5, 5.41) is 1.36. The quantitative estimate of drug-likeness (QED) is 0.800. The van der Waals surface area contributed by atoms with Crippen molar-refractivity contribution in [2.45, 2.75) is 17.0 Å². The van der Waals surface area contributed by atoms with Crippen molar-refractivity contribution in [3.8, 4) is 0 Å². The van der Waals surface area contributed by atoms with Gasteiger partial charge in [0.05, 0.1) is 0 Å². The molecule has 14 heavy (non-hydrogen) atoms. The molecule has 0 aliphatic heterocycles. The molecular formula is C9H8ClN3S. The second-order valence-corrected chi connectivity index (χ2v) is 4.19. The predicted molar refractivity (Wildman–Crippen MR) is 56.7 cm³/mol. The van der Waals surface area contributed by atoms with Crippen molar-refractivity contribution < 1.29 is 0 Å². The third kappa shape index (κ3) is 2.08. The summed E-state index contributed by atoms with van der Waals surface area (Å²) >= 11 is 7.35. The zero-order valence-corrected chi connectivity index (χ0v) is 9.06. The highest BCUT2D eigenvalue weighted by molar-refractivity contribution is 7.99. The summed E-state index contributed by atoms with van der Waals surface area (Å²) in [5.41, 5.74) is 1.09. The molecule has 0 saturated carbocycles. The van der Waals surface area contributed by atoms with Crippen molar-refractivity contribution in [3.63, 3.8) is 0 Å². The molecule has 0 bridgehead atoms. The molecule has 0 aromatic carbocycles. The summed E-state index contributed by atoms with van der Waals surface area (Å²) < 4.78 is 0. The number of aromatic amines is 1. The third-order valence-corrected chi connectivity index (χ3v) is 2.98. The summed E-state index contributed by atoms with van der Waals surface area (Å²) in [6.45, 7) is 1.99. The highest BCUT2D eigenvalue weighted by Crippen LogP contribution is 2.28. The molecule has 72 valence electrons. The van der Waals surface area contributed by atoms with Crippen molar-refractivity contribution in [1.29, 1.82) is 0 Å². The minimum absolute atomic E-state index is 0.504. The zero-order valence-electron chi connectivity index (χ0n) is 7.49. The summed E-state index contributed by atoms with van der Waals surface area (Å²) in [5.74, 6) is 0. The van der Waals surface area contributed by atoms with Crippen LogP contribution in [-0.2, 0) is 0 Å². The first kappa shape index (κ1) is 9.55. The van der Waals surface area contributed by atoms with E-state index in [2.05, 4.69) is 15.0 Å². The van der Waals surface area contributed by atoms with Gasteiger partial charge in [0.2, 0.25) is 0 Å². The second kappa shape index (κ2) is 4.02. The first-order valence-electron chi connectivity index (χ1n) is 4.05. The highest BCUT2D eigenvalue weighted by Gasteiger charge is 2.04. The van der Waals surface area contributed by atoms with Gasteiger partial charge in [0, 0.05) is 23.5 Å². The van der Waals surface area contributed by atoms with Gasteiger partial charge in [-0.25, -0.2) is 9.97 Å². The standard InChI is InChI=1S/C9H8ClN3S/c1-6-5-13-8(10)4-7(6)14-9-11-2-3-12-9/h2-5H,1H3,(H,11,12). The van der Waals surface area contributed by atoms with Crippen LogP contribution in [0.25, 0.3) is 0 Å². The normalized spacial score (nSPS) is 10.4. The summed E-state index contributed by atoms with van der Waals surface area (Å²) in [4.78, 5) is 12.2. The molecule has 2 aromatic heterocycles. The van der Waals surface area contributed by atoms with Crippen LogP contribution in [-0.4, -0.2) is 15.0 Å². The Balaban J connectivity index is 2.28. The molecule has 2 rings (SSSR count). The van der Waals surface area contributed by atoms with Crippen molar-refractivity contribution in [2.75, 3.05) is 0 Å². The van der Waals surface area contributed by atoms with Gasteiger partial charge in [-0.2, -0.15) is 0 Å². The number of hydrogen-bond donors (Lipinski definition) is 1. The number of halogens is 1. The van der Waals surface area contributed by atoms with Crippen LogP contribution in [0.1, 0.15) is 5.56 Å². The number of nitrogens with zero attached hydrogens (tertiary/aromatic N) is 2. The Morgan fingerprint density at radius 1 is 1.43 bits per heavy atom. The van der Waals surface area contributed by atoms with E-state index >= 15 is 0 Å². The van der Waals surface area contributed by atoms with E-state index in [0.717, 1.165) is 15.6 Å². The minimum Gasteiger partial charge on any atom is -0.339 e.